The van der Waals surface area contributed by atoms with Crippen LogP contribution in [0.3, 0.4) is 0 Å². The van der Waals surface area contributed by atoms with Crippen molar-refractivity contribution in [2.75, 3.05) is 11.5 Å². The molecule has 6 unspecified atom stereocenters. The molecule has 0 spiro atoms. The lowest BCUT2D eigenvalue weighted by atomic mass is 9.63. The van der Waals surface area contributed by atoms with E-state index >= 15 is 0 Å². The molecule has 11 heteroatoms. The van der Waals surface area contributed by atoms with Crippen LogP contribution in [0, 0.1) is 45.6 Å². The van der Waals surface area contributed by atoms with E-state index in [0.29, 0.717) is 17.5 Å². The standard InChI is InChI=1S/C33H24N2O9/c36-27(17-6-10-22(11-7-17)44-33(40)18-4-8-20(9-5-18)35(41)42)16-43-32(39)19-2-1-3-21(14-19)34-30(37)28-23-12-13-24(26-15-25(23)26)29(28)31(34)38/h1-14,23-26,28-29H,15-16H2. The van der Waals surface area contributed by atoms with E-state index in [1.54, 1.807) is 12.1 Å². The van der Waals surface area contributed by atoms with Crippen molar-refractivity contribution >= 4 is 40.9 Å². The van der Waals surface area contributed by atoms with Crippen molar-refractivity contribution in [3.05, 3.63) is 112 Å². The topological polar surface area (TPSA) is 150 Å². The van der Waals surface area contributed by atoms with Gasteiger partial charge in [-0.2, -0.15) is 0 Å². The van der Waals surface area contributed by atoms with Crippen LogP contribution in [0.2, 0.25) is 0 Å². The number of nitrogens with zero attached hydrogens (tertiary/aromatic N) is 2. The van der Waals surface area contributed by atoms with Gasteiger partial charge >= 0.3 is 11.9 Å². The van der Waals surface area contributed by atoms with Crippen molar-refractivity contribution in [1.82, 2.24) is 0 Å². The molecular weight excluding hydrogens is 568 g/mol. The van der Waals surface area contributed by atoms with E-state index in [9.17, 15) is 34.1 Å². The zero-order valence-corrected chi connectivity index (χ0v) is 23.0. The molecule has 5 aliphatic rings. The van der Waals surface area contributed by atoms with E-state index < -0.39 is 29.3 Å². The average Bonchev–Trinajstić information content (AvgIpc) is 3.82. The van der Waals surface area contributed by atoms with Gasteiger partial charge in [-0.3, -0.25) is 24.5 Å². The van der Waals surface area contributed by atoms with Gasteiger partial charge in [0.25, 0.3) is 5.69 Å². The van der Waals surface area contributed by atoms with Crippen molar-refractivity contribution in [3.8, 4) is 5.75 Å². The molecule has 3 fully saturated rings. The first-order chi connectivity index (χ1) is 21.2. The lowest BCUT2D eigenvalue weighted by Gasteiger charge is -2.37. The van der Waals surface area contributed by atoms with Crippen LogP contribution >= 0.6 is 0 Å². The van der Waals surface area contributed by atoms with E-state index in [4.69, 9.17) is 9.47 Å². The van der Waals surface area contributed by atoms with E-state index in [1.807, 2.05) is 0 Å². The third kappa shape index (κ3) is 4.57. The van der Waals surface area contributed by atoms with Gasteiger partial charge in [0, 0.05) is 17.7 Å². The zero-order valence-electron chi connectivity index (χ0n) is 23.0. The number of ether oxygens (including phenoxy) is 2. The Kier molecular flexibility index (Phi) is 6.45. The summed E-state index contributed by atoms with van der Waals surface area (Å²) in [7, 11) is 0. The number of Topliss-reactive ketones (excluding diaryl/α,β-unsaturated/α-hetero) is 1. The Balaban J connectivity index is 0.962. The highest BCUT2D eigenvalue weighted by molar-refractivity contribution is 6.23. The van der Waals surface area contributed by atoms with Gasteiger partial charge in [-0.15, -0.1) is 0 Å². The Bertz CT molecular complexity index is 1740. The molecule has 2 amide bonds. The Hall–Kier alpha value is -5.45. The number of carbonyl (C=O) groups is 5. The number of ketones is 1. The maximum Gasteiger partial charge on any atom is 0.343 e. The summed E-state index contributed by atoms with van der Waals surface area (Å²) in [6.07, 6.45) is 5.26. The van der Waals surface area contributed by atoms with Gasteiger partial charge in [-0.1, -0.05) is 18.2 Å². The minimum atomic E-state index is -0.784. The summed E-state index contributed by atoms with van der Waals surface area (Å²) < 4.78 is 10.5. The summed E-state index contributed by atoms with van der Waals surface area (Å²) in [6.45, 7) is -0.561. The molecule has 0 radical (unpaired) electrons. The lowest BCUT2D eigenvalue weighted by Crippen LogP contribution is -2.40. The maximum atomic E-state index is 13.4. The second-order valence-corrected chi connectivity index (χ2v) is 11.4. The van der Waals surface area contributed by atoms with E-state index in [-0.39, 0.29) is 63.6 Å². The third-order valence-corrected chi connectivity index (χ3v) is 9.04. The van der Waals surface area contributed by atoms with E-state index in [2.05, 4.69) is 12.2 Å². The predicted molar refractivity (Wildman–Crippen MR) is 153 cm³/mol. The summed E-state index contributed by atoms with van der Waals surface area (Å²) in [6, 6.07) is 16.6. The van der Waals surface area contributed by atoms with Gasteiger partial charge in [0.15, 0.2) is 12.4 Å². The van der Waals surface area contributed by atoms with E-state index in [0.717, 1.165) is 6.42 Å². The van der Waals surface area contributed by atoms with Crippen LogP contribution in [-0.2, 0) is 14.3 Å². The first kappa shape index (κ1) is 27.4. The molecular formula is C33H24N2O9. The number of non-ortho nitro benzene ring substituents is 1. The van der Waals surface area contributed by atoms with Crippen LogP contribution in [0.25, 0.3) is 0 Å². The molecule has 1 saturated heterocycles. The van der Waals surface area contributed by atoms with Crippen molar-refractivity contribution in [1.29, 1.82) is 0 Å². The SMILES string of the molecule is O=C(COC(=O)c1cccc(N2C(=O)C3C4C=CC(C5CC45)C3C2=O)c1)c1ccc(OC(=O)c2ccc([N+](=O)[O-])cc2)cc1. The van der Waals surface area contributed by atoms with E-state index in [1.165, 1.54) is 65.6 Å². The lowest BCUT2D eigenvalue weighted by molar-refractivity contribution is -0.384. The number of hydrogen-bond donors (Lipinski definition) is 0. The predicted octanol–water partition coefficient (Wildman–Crippen LogP) is 4.41. The molecule has 3 aromatic rings. The average molecular weight is 593 g/mol. The van der Waals surface area contributed by atoms with Gasteiger partial charge in [0.05, 0.1) is 33.6 Å². The molecule has 44 heavy (non-hydrogen) atoms. The summed E-state index contributed by atoms with van der Waals surface area (Å²) >= 11 is 0. The van der Waals surface area contributed by atoms with Gasteiger partial charge in [0.1, 0.15) is 5.75 Å². The summed E-state index contributed by atoms with van der Waals surface area (Å²) in [5.74, 6) is -1.90. The number of anilines is 1. The number of amides is 2. The van der Waals surface area contributed by atoms with Gasteiger partial charge in [0.2, 0.25) is 11.8 Å². The van der Waals surface area contributed by atoms with Crippen LogP contribution in [-0.4, -0.2) is 41.1 Å². The molecule has 11 nitrogen and oxygen atoms in total. The highest BCUT2D eigenvalue weighted by Gasteiger charge is 2.67. The number of rotatable bonds is 8. The zero-order chi connectivity index (χ0) is 30.7. The Morgan fingerprint density at radius 3 is 2.02 bits per heavy atom. The number of allylic oxidation sites excluding steroid dienone is 2. The highest BCUT2D eigenvalue weighted by atomic mass is 16.6. The van der Waals surface area contributed by atoms with Crippen LogP contribution < -0.4 is 9.64 Å². The van der Waals surface area contributed by atoms with Crippen LogP contribution in [0.5, 0.6) is 5.75 Å². The molecule has 4 aliphatic carbocycles. The fourth-order valence-corrected chi connectivity index (χ4v) is 6.88. The normalized spacial score (nSPS) is 25.7. The van der Waals surface area contributed by atoms with Crippen molar-refractivity contribution in [2.24, 2.45) is 35.5 Å². The second kappa shape index (κ2) is 10.4. The van der Waals surface area contributed by atoms with Crippen LogP contribution in [0.1, 0.15) is 37.5 Å². The summed E-state index contributed by atoms with van der Waals surface area (Å²) in [4.78, 5) is 76.0. The fraction of sp³-hybridized carbons (Fsp3) is 0.242. The number of nitro benzene ring substituents is 1. The first-order valence-corrected chi connectivity index (χ1v) is 14.1. The molecule has 0 aromatic heterocycles. The smallest absolute Gasteiger partial charge is 0.343 e. The van der Waals surface area contributed by atoms with Gasteiger partial charge < -0.3 is 9.47 Å². The number of esters is 2. The Labute approximate surface area is 250 Å². The number of hydrogen-bond acceptors (Lipinski definition) is 9. The monoisotopic (exact) mass is 592 g/mol. The molecule has 6 atom stereocenters. The molecule has 3 aromatic carbocycles. The number of nitro groups is 1. The Morgan fingerprint density at radius 2 is 1.41 bits per heavy atom. The van der Waals surface area contributed by atoms with Gasteiger partial charge in [-0.05, 0) is 84.7 Å². The van der Waals surface area contributed by atoms with Crippen LogP contribution in [0.4, 0.5) is 11.4 Å². The Morgan fingerprint density at radius 1 is 0.795 bits per heavy atom. The largest absolute Gasteiger partial charge is 0.454 e. The molecule has 0 N–H and O–H groups in total. The maximum absolute atomic E-state index is 13.4. The quantitative estimate of drug-likeness (QED) is 0.0705. The molecule has 1 heterocycles. The number of benzene rings is 3. The minimum Gasteiger partial charge on any atom is -0.454 e. The minimum absolute atomic E-state index is 0.0896. The van der Waals surface area contributed by atoms with Crippen molar-refractivity contribution in [3.63, 3.8) is 0 Å². The van der Waals surface area contributed by atoms with Crippen LogP contribution in [0.15, 0.2) is 84.9 Å². The summed E-state index contributed by atoms with van der Waals surface area (Å²) in [5.41, 5.74) is 0.570. The molecule has 220 valence electrons. The highest BCUT2D eigenvalue weighted by Crippen LogP contribution is 2.65. The van der Waals surface area contributed by atoms with Gasteiger partial charge in [-0.25, -0.2) is 14.5 Å². The number of carbonyl (C=O) groups excluding carboxylic acids is 5. The number of imide groups is 1. The van der Waals surface area contributed by atoms with Crippen molar-refractivity contribution < 1.29 is 38.4 Å². The molecule has 2 bridgehead atoms. The molecule has 8 rings (SSSR count). The fourth-order valence-electron chi connectivity index (χ4n) is 6.88. The van der Waals surface area contributed by atoms with Crippen molar-refractivity contribution in [2.45, 2.75) is 6.42 Å². The molecule has 1 aliphatic heterocycles. The third-order valence-electron chi connectivity index (χ3n) is 9.04. The second-order valence-electron chi connectivity index (χ2n) is 11.4. The first-order valence-electron chi connectivity index (χ1n) is 14.1. The molecule has 2 saturated carbocycles. The summed E-state index contributed by atoms with van der Waals surface area (Å²) in [5, 5.41) is 10.8.